The van der Waals surface area contributed by atoms with Crippen molar-refractivity contribution in [1.29, 1.82) is 0 Å². The van der Waals surface area contributed by atoms with Crippen LogP contribution in [0.1, 0.15) is 30.3 Å². The first-order valence-electron chi connectivity index (χ1n) is 6.67. The summed E-state index contributed by atoms with van der Waals surface area (Å²) in [5.41, 5.74) is 0.652. The summed E-state index contributed by atoms with van der Waals surface area (Å²) in [6, 6.07) is 11.0. The lowest BCUT2D eigenvalue weighted by molar-refractivity contribution is -0.121. The second-order valence-electron chi connectivity index (χ2n) is 5.11. The lowest BCUT2D eigenvalue weighted by Gasteiger charge is -2.21. The molecule has 0 bridgehead atoms. The van der Waals surface area contributed by atoms with Gasteiger partial charge in [0.15, 0.2) is 0 Å². The molecule has 0 aliphatic heterocycles. The van der Waals surface area contributed by atoms with Crippen LogP contribution in [0, 0.1) is 5.92 Å². The minimum atomic E-state index is -0.0707. The van der Waals surface area contributed by atoms with Crippen LogP contribution in [-0.2, 0) is 11.2 Å². The monoisotopic (exact) mass is 289 g/mol. The molecular formula is C16H19NO2S. The molecule has 1 heterocycles. The Balaban J connectivity index is 2.05. The number of benzene rings is 1. The van der Waals surface area contributed by atoms with E-state index >= 15 is 0 Å². The topological polar surface area (TPSA) is 49.3 Å². The summed E-state index contributed by atoms with van der Waals surface area (Å²) in [6.45, 7) is 4.18. The number of thiophene rings is 1. The molecule has 106 valence electrons. The van der Waals surface area contributed by atoms with Crippen LogP contribution >= 0.6 is 11.3 Å². The van der Waals surface area contributed by atoms with E-state index in [1.165, 1.54) is 0 Å². The Kier molecular flexibility index (Phi) is 4.79. The Morgan fingerprint density at radius 1 is 1.25 bits per heavy atom. The highest BCUT2D eigenvalue weighted by Gasteiger charge is 2.19. The van der Waals surface area contributed by atoms with Gasteiger partial charge in [0.25, 0.3) is 0 Å². The Hall–Kier alpha value is -1.81. The molecule has 2 aromatic rings. The average molecular weight is 289 g/mol. The molecular weight excluding hydrogens is 270 g/mol. The van der Waals surface area contributed by atoms with Gasteiger partial charge in [0, 0.05) is 10.4 Å². The summed E-state index contributed by atoms with van der Waals surface area (Å²) in [5, 5.41) is 14.8. The van der Waals surface area contributed by atoms with Gasteiger partial charge in [-0.1, -0.05) is 38.1 Å². The van der Waals surface area contributed by atoms with E-state index in [1.807, 2.05) is 23.6 Å². The first kappa shape index (κ1) is 14.6. The lowest BCUT2D eigenvalue weighted by atomic mass is 10.0. The van der Waals surface area contributed by atoms with Gasteiger partial charge >= 0.3 is 0 Å². The quantitative estimate of drug-likeness (QED) is 0.885. The predicted octanol–water partition coefficient (Wildman–Crippen LogP) is 3.51. The summed E-state index contributed by atoms with van der Waals surface area (Å²) in [7, 11) is 0. The summed E-state index contributed by atoms with van der Waals surface area (Å²) in [4.78, 5) is 13.3. The second-order valence-corrected chi connectivity index (χ2v) is 6.09. The van der Waals surface area contributed by atoms with E-state index in [2.05, 4.69) is 19.2 Å². The number of rotatable bonds is 5. The van der Waals surface area contributed by atoms with Crippen LogP contribution in [0.25, 0.3) is 0 Å². The van der Waals surface area contributed by atoms with Crippen molar-refractivity contribution in [2.45, 2.75) is 26.3 Å². The molecule has 2 N–H and O–H groups in total. The Morgan fingerprint density at radius 2 is 2.00 bits per heavy atom. The lowest BCUT2D eigenvalue weighted by Crippen LogP contribution is -2.32. The van der Waals surface area contributed by atoms with Crippen LogP contribution in [0.2, 0.25) is 0 Å². The number of carbonyl (C=O) groups excluding carboxylic acids is 1. The molecule has 0 radical (unpaired) electrons. The minimum absolute atomic E-state index is 0.0216. The van der Waals surface area contributed by atoms with Crippen molar-refractivity contribution in [3.8, 4) is 5.75 Å². The molecule has 1 atom stereocenters. The third kappa shape index (κ3) is 3.61. The third-order valence-corrected chi connectivity index (χ3v) is 4.13. The molecule has 0 fully saturated rings. The first-order valence-corrected chi connectivity index (χ1v) is 7.55. The summed E-state index contributed by atoms with van der Waals surface area (Å²) in [5.74, 6) is 0.417. The number of hydrogen-bond acceptors (Lipinski definition) is 3. The van der Waals surface area contributed by atoms with E-state index in [1.54, 1.807) is 29.5 Å². The van der Waals surface area contributed by atoms with Crippen molar-refractivity contribution in [3.63, 3.8) is 0 Å². The van der Waals surface area contributed by atoms with Gasteiger partial charge in [0.2, 0.25) is 5.91 Å². The molecule has 2 rings (SSSR count). The van der Waals surface area contributed by atoms with Crippen LogP contribution in [0.4, 0.5) is 0 Å². The summed E-state index contributed by atoms with van der Waals surface area (Å²) in [6.07, 6.45) is 0.196. The number of carbonyl (C=O) groups is 1. The summed E-state index contributed by atoms with van der Waals surface area (Å²) >= 11 is 1.65. The smallest absolute Gasteiger partial charge is 0.225 e. The van der Waals surface area contributed by atoms with Gasteiger partial charge in [-0.15, -0.1) is 11.3 Å². The number of hydrogen-bond donors (Lipinski definition) is 2. The van der Waals surface area contributed by atoms with Gasteiger partial charge in [-0.2, -0.15) is 0 Å². The molecule has 0 saturated heterocycles. The van der Waals surface area contributed by atoms with Crippen molar-refractivity contribution in [2.75, 3.05) is 0 Å². The maximum absolute atomic E-state index is 12.2. The summed E-state index contributed by atoms with van der Waals surface area (Å²) < 4.78 is 0. The van der Waals surface area contributed by atoms with Crippen LogP contribution < -0.4 is 5.32 Å². The number of para-hydroxylation sites is 1. The van der Waals surface area contributed by atoms with Crippen molar-refractivity contribution >= 4 is 17.2 Å². The maximum atomic E-state index is 12.2. The zero-order valence-electron chi connectivity index (χ0n) is 11.7. The molecule has 1 amide bonds. The fraction of sp³-hybridized carbons (Fsp3) is 0.312. The number of amides is 1. The normalized spacial score (nSPS) is 12.3. The highest BCUT2D eigenvalue weighted by atomic mass is 32.1. The van der Waals surface area contributed by atoms with Gasteiger partial charge in [-0.05, 0) is 23.4 Å². The SMILES string of the molecule is CC(C)C(NC(=O)Cc1ccccc1O)c1cccs1. The Labute approximate surface area is 123 Å². The van der Waals surface area contributed by atoms with Crippen LogP contribution in [-0.4, -0.2) is 11.0 Å². The van der Waals surface area contributed by atoms with Crippen molar-refractivity contribution in [3.05, 3.63) is 52.2 Å². The van der Waals surface area contributed by atoms with Crippen molar-refractivity contribution in [2.24, 2.45) is 5.92 Å². The standard InChI is InChI=1S/C16H19NO2S/c1-11(2)16(14-8-5-9-20-14)17-15(19)10-12-6-3-4-7-13(12)18/h3-9,11,16,18H,10H2,1-2H3,(H,17,19). The van der Waals surface area contributed by atoms with E-state index < -0.39 is 0 Å². The highest BCUT2D eigenvalue weighted by Crippen LogP contribution is 2.26. The molecule has 0 aliphatic carbocycles. The van der Waals surface area contributed by atoms with Crippen LogP contribution in [0.15, 0.2) is 41.8 Å². The van der Waals surface area contributed by atoms with Gasteiger partial charge in [0.1, 0.15) is 5.75 Å². The molecule has 20 heavy (non-hydrogen) atoms. The predicted molar refractivity (Wildman–Crippen MR) is 81.9 cm³/mol. The van der Waals surface area contributed by atoms with E-state index in [4.69, 9.17) is 0 Å². The van der Waals surface area contributed by atoms with Gasteiger partial charge < -0.3 is 10.4 Å². The molecule has 4 heteroatoms. The molecule has 0 spiro atoms. The minimum Gasteiger partial charge on any atom is -0.508 e. The maximum Gasteiger partial charge on any atom is 0.225 e. The van der Waals surface area contributed by atoms with Crippen LogP contribution in [0.5, 0.6) is 5.75 Å². The van der Waals surface area contributed by atoms with Crippen molar-refractivity contribution < 1.29 is 9.90 Å². The third-order valence-electron chi connectivity index (χ3n) is 3.18. The van der Waals surface area contributed by atoms with Gasteiger partial charge in [-0.25, -0.2) is 0 Å². The first-order chi connectivity index (χ1) is 9.58. The largest absolute Gasteiger partial charge is 0.508 e. The molecule has 3 nitrogen and oxygen atoms in total. The van der Waals surface area contributed by atoms with Crippen molar-refractivity contribution in [1.82, 2.24) is 5.32 Å². The van der Waals surface area contributed by atoms with E-state index in [0.717, 1.165) is 4.88 Å². The van der Waals surface area contributed by atoms with Gasteiger partial charge in [-0.3, -0.25) is 4.79 Å². The number of phenols is 1. The van der Waals surface area contributed by atoms with E-state index in [-0.39, 0.29) is 24.1 Å². The molecule has 0 aliphatic rings. The highest BCUT2D eigenvalue weighted by molar-refractivity contribution is 7.10. The molecule has 0 saturated carbocycles. The van der Waals surface area contributed by atoms with Crippen LogP contribution in [0.3, 0.4) is 0 Å². The zero-order chi connectivity index (χ0) is 14.5. The second kappa shape index (κ2) is 6.57. The number of nitrogens with one attached hydrogen (secondary N) is 1. The Morgan fingerprint density at radius 3 is 2.60 bits per heavy atom. The van der Waals surface area contributed by atoms with E-state index in [0.29, 0.717) is 11.5 Å². The number of aromatic hydroxyl groups is 1. The molecule has 1 aromatic carbocycles. The molecule has 1 unspecified atom stereocenters. The fourth-order valence-corrected chi connectivity index (χ4v) is 3.04. The zero-order valence-corrected chi connectivity index (χ0v) is 12.5. The number of phenolic OH excluding ortho intramolecular Hbond substituents is 1. The van der Waals surface area contributed by atoms with Gasteiger partial charge in [0.05, 0.1) is 12.5 Å². The van der Waals surface area contributed by atoms with E-state index in [9.17, 15) is 9.90 Å². The molecule has 1 aromatic heterocycles. The fourth-order valence-electron chi connectivity index (χ4n) is 2.09. The Bertz CT molecular complexity index is 564. The average Bonchev–Trinajstić information content (AvgIpc) is 2.92.